The second-order valence-corrected chi connectivity index (χ2v) is 1.57. The summed E-state index contributed by atoms with van der Waals surface area (Å²) in [6, 6.07) is 0. The molecular formula is C6H10O3. The van der Waals surface area contributed by atoms with Crippen LogP contribution < -0.4 is 0 Å². The molecule has 0 spiro atoms. The standard InChI is InChI=1S/C6H10O3/c1-2-6(9-8)4-3-5-7/h3-6,8H,2H2,1H3/b4-3+/t6-/m0/s1. The van der Waals surface area contributed by atoms with Crippen LogP contribution >= 0.6 is 0 Å². The summed E-state index contributed by atoms with van der Waals surface area (Å²) in [4.78, 5) is 13.7. The number of rotatable bonds is 4. The average molecular weight is 130 g/mol. The smallest absolute Gasteiger partial charge is 0.142 e. The third-order valence-electron chi connectivity index (χ3n) is 0.942. The van der Waals surface area contributed by atoms with Gasteiger partial charge in [0.25, 0.3) is 0 Å². The Hall–Kier alpha value is -0.670. The molecule has 0 aliphatic carbocycles. The summed E-state index contributed by atoms with van der Waals surface area (Å²) in [6.07, 6.45) is 3.73. The van der Waals surface area contributed by atoms with E-state index in [0.29, 0.717) is 12.7 Å². The van der Waals surface area contributed by atoms with Crippen LogP contribution in [0.2, 0.25) is 0 Å². The van der Waals surface area contributed by atoms with E-state index in [2.05, 4.69) is 4.89 Å². The van der Waals surface area contributed by atoms with Gasteiger partial charge in [-0.1, -0.05) is 6.92 Å². The molecule has 0 heterocycles. The number of carbonyl (C=O) groups is 1. The molecule has 0 saturated heterocycles. The van der Waals surface area contributed by atoms with Gasteiger partial charge in [-0.2, -0.15) is 0 Å². The van der Waals surface area contributed by atoms with E-state index in [1.54, 1.807) is 0 Å². The highest BCUT2D eigenvalue weighted by atomic mass is 17.1. The van der Waals surface area contributed by atoms with E-state index in [-0.39, 0.29) is 6.10 Å². The van der Waals surface area contributed by atoms with Gasteiger partial charge in [0.15, 0.2) is 0 Å². The molecule has 9 heavy (non-hydrogen) atoms. The van der Waals surface area contributed by atoms with Crippen molar-refractivity contribution in [3.8, 4) is 0 Å². The first-order valence-corrected chi connectivity index (χ1v) is 2.77. The normalized spacial score (nSPS) is 14.0. The maximum absolute atomic E-state index is 9.72. The fourth-order valence-electron chi connectivity index (χ4n) is 0.415. The molecule has 0 amide bonds. The first kappa shape index (κ1) is 8.33. The van der Waals surface area contributed by atoms with E-state index in [4.69, 9.17) is 5.26 Å². The molecule has 0 rings (SSSR count). The minimum Gasteiger partial charge on any atom is -0.299 e. The molecule has 3 nitrogen and oxygen atoms in total. The number of hydrogen-bond donors (Lipinski definition) is 1. The lowest BCUT2D eigenvalue weighted by atomic mass is 10.2. The summed E-state index contributed by atoms with van der Waals surface area (Å²) in [5, 5.41) is 8.09. The largest absolute Gasteiger partial charge is 0.299 e. The Morgan fingerprint density at radius 1 is 1.78 bits per heavy atom. The molecule has 0 fully saturated rings. The summed E-state index contributed by atoms with van der Waals surface area (Å²) in [5.41, 5.74) is 0. The van der Waals surface area contributed by atoms with Crippen LogP contribution in [0.1, 0.15) is 13.3 Å². The van der Waals surface area contributed by atoms with Crippen LogP contribution in [0.5, 0.6) is 0 Å². The minimum absolute atomic E-state index is 0.352. The van der Waals surface area contributed by atoms with E-state index in [1.807, 2.05) is 6.92 Å². The van der Waals surface area contributed by atoms with Gasteiger partial charge in [-0.15, -0.1) is 0 Å². The number of carbonyl (C=O) groups excluding carboxylic acids is 1. The third kappa shape index (κ3) is 3.88. The zero-order valence-corrected chi connectivity index (χ0v) is 5.28. The molecule has 0 aromatic heterocycles. The van der Waals surface area contributed by atoms with Gasteiger partial charge in [0.1, 0.15) is 12.4 Å². The number of aldehydes is 1. The van der Waals surface area contributed by atoms with Gasteiger partial charge in [0.05, 0.1) is 0 Å². The highest BCUT2D eigenvalue weighted by Gasteiger charge is 1.97. The Labute approximate surface area is 53.9 Å². The lowest BCUT2D eigenvalue weighted by Gasteiger charge is -2.01. The zero-order valence-electron chi connectivity index (χ0n) is 5.28. The van der Waals surface area contributed by atoms with Crippen molar-refractivity contribution >= 4 is 6.29 Å². The molecular weight excluding hydrogens is 120 g/mol. The van der Waals surface area contributed by atoms with Gasteiger partial charge in [-0.05, 0) is 18.6 Å². The van der Waals surface area contributed by atoms with Crippen molar-refractivity contribution in [3.63, 3.8) is 0 Å². The molecule has 0 aliphatic heterocycles. The van der Waals surface area contributed by atoms with Crippen LogP contribution in [-0.4, -0.2) is 17.6 Å². The van der Waals surface area contributed by atoms with Gasteiger partial charge in [0.2, 0.25) is 0 Å². The summed E-state index contributed by atoms with van der Waals surface area (Å²) >= 11 is 0. The van der Waals surface area contributed by atoms with Crippen LogP contribution in [0.4, 0.5) is 0 Å². The summed E-state index contributed by atoms with van der Waals surface area (Å²) in [6.45, 7) is 1.84. The molecule has 3 heteroatoms. The van der Waals surface area contributed by atoms with Crippen molar-refractivity contribution in [3.05, 3.63) is 12.2 Å². The minimum atomic E-state index is -0.352. The Bertz CT molecular complexity index is 94.5. The predicted octanol–water partition coefficient (Wildman–Crippen LogP) is 1.01. The van der Waals surface area contributed by atoms with Crippen LogP contribution in [0.25, 0.3) is 0 Å². The molecule has 1 atom stereocenters. The molecule has 0 aromatic carbocycles. The Morgan fingerprint density at radius 3 is 2.78 bits per heavy atom. The van der Waals surface area contributed by atoms with Crippen molar-refractivity contribution in [2.45, 2.75) is 19.4 Å². The van der Waals surface area contributed by atoms with Crippen molar-refractivity contribution in [1.82, 2.24) is 0 Å². The summed E-state index contributed by atoms with van der Waals surface area (Å²) in [5.74, 6) is 0. The maximum Gasteiger partial charge on any atom is 0.142 e. The zero-order chi connectivity index (χ0) is 7.11. The monoisotopic (exact) mass is 130 g/mol. The summed E-state index contributed by atoms with van der Waals surface area (Å²) in [7, 11) is 0. The van der Waals surface area contributed by atoms with Gasteiger partial charge in [-0.3, -0.25) is 10.1 Å². The van der Waals surface area contributed by atoms with Gasteiger partial charge in [0, 0.05) is 0 Å². The highest BCUT2D eigenvalue weighted by molar-refractivity contribution is 5.64. The average Bonchev–Trinajstić information content (AvgIpc) is 1.91. The molecule has 0 bridgehead atoms. The Balaban J connectivity index is 3.53. The van der Waals surface area contributed by atoms with E-state index < -0.39 is 0 Å². The van der Waals surface area contributed by atoms with E-state index in [1.165, 1.54) is 12.2 Å². The number of allylic oxidation sites excluding steroid dienone is 1. The molecule has 0 radical (unpaired) electrons. The van der Waals surface area contributed by atoms with E-state index in [9.17, 15) is 4.79 Å². The first-order chi connectivity index (χ1) is 4.35. The molecule has 0 unspecified atom stereocenters. The Kier molecular flexibility index (Phi) is 5.06. The van der Waals surface area contributed by atoms with Gasteiger partial charge < -0.3 is 0 Å². The highest BCUT2D eigenvalue weighted by Crippen LogP contribution is 1.95. The lowest BCUT2D eigenvalue weighted by molar-refractivity contribution is -0.266. The second kappa shape index (κ2) is 5.47. The predicted molar refractivity (Wildman–Crippen MR) is 33.0 cm³/mol. The van der Waals surface area contributed by atoms with Crippen LogP contribution in [-0.2, 0) is 9.68 Å². The third-order valence-corrected chi connectivity index (χ3v) is 0.942. The van der Waals surface area contributed by atoms with Crippen LogP contribution in [0.15, 0.2) is 12.2 Å². The fourth-order valence-corrected chi connectivity index (χ4v) is 0.415. The SMILES string of the molecule is CC[C@@H](/C=C/C=O)OO. The first-order valence-electron chi connectivity index (χ1n) is 2.77. The maximum atomic E-state index is 9.72. The molecule has 0 aliphatic rings. The van der Waals surface area contributed by atoms with Gasteiger partial charge in [-0.25, -0.2) is 4.89 Å². The molecule has 52 valence electrons. The van der Waals surface area contributed by atoms with Crippen LogP contribution in [0, 0.1) is 0 Å². The second-order valence-electron chi connectivity index (χ2n) is 1.57. The fraction of sp³-hybridized carbons (Fsp3) is 0.500. The molecule has 0 saturated carbocycles. The number of hydrogen-bond acceptors (Lipinski definition) is 3. The van der Waals surface area contributed by atoms with Crippen molar-refractivity contribution in [1.29, 1.82) is 0 Å². The molecule has 0 aromatic rings. The van der Waals surface area contributed by atoms with Crippen molar-refractivity contribution < 1.29 is 14.9 Å². The van der Waals surface area contributed by atoms with Crippen molar-refractivity contribution in [2.75, 3.05) is 0 Å². The Morgan fingerprint density at radius 2 is 2.44 bits per heavy atom. The lowest BCUT2D eigenvalue weighted by Crippen LogP contribution is -2.04. The summed E-state index contributed by atoms with van der Waals surface area (Å²) < 4.78 is 0. The van der Waals surface area contributed by atoms with Crippen LogP contribution in [0.3, 0.4) is 0 Å². The van der Waals surface area contributed by atoms with E-state index >= 15 is 0 Å². The van der Waals surface area contributed by atoms with E-state index in [0.717, 1.165) is 0 Å². The quantitative estimate of drug-likeness (QED) is 0.267. The van der Waals surface area contributed by atoms with Crippen molar-refractivity contribution in [2.24, 2.45) is 0 Å². The topological polar surface area (TPSA) is 46.5 Å². The van der Waals surface area contributed by atoms with Gasteiger partial charge >= 0.3 is 0 Å². The molecule has 1 N–H and O–H groups in total.